The lowest BCUT2D eigenvalue weighted by Gasteiger charge is -2.39. The van der Waals surface area contributed by atoms with E-state index >= 15 is 0 Å². The van der Waals surface area contributed by atoms with Gasteiger partial charge in [-0.2, -0.15) is 0 Å². The second-order valence-corrected chi connectivity index (χ2v) is 8.53. The number of hydrogen-bond donors (Lipinski definition) is 2. The number of rotatable bonds is 4. The molecule has 2 aliphatic heterocycles. The molecule has 2 heterocycles. The van der Waals surface area contributed by atoms with Crippen molar-refractivity contribution >= 4 is 5.69 Å². The summed E-state index contributed by atoms with van der Waals surface area (Å²) < 4.78 is 5.60. The fraction of sp³-hybridized carbons (Fsp3) is 0.286. The molecular formula is C28H28N2O2. The molecule has 0 spiro atoms. The van der Waals surface area contributed by atoms with Gasteiger partial charge in [-0.3, -0.25) is 4.90 Å². The topological polar surface area (TPSA) is 44.7 Å². The minimum atomic E-state index is 0.0661. The van der Waals surface area contributed by atoms with Gasteiger partial charge >= 0.3 is 0 Å². The molecule has 162 valence electrons. The molecule has 0 radical (unpaired) electrons. The van der Waals surface area contributed by atoms with Gasteiger partial charge in [-0.15, -0.1) is 0 Å². The van der Waals surface area contributed by atoms with Gasteiger partial charge in [0.25, 0.3) is 0 Å². The number of likely N-dealkylation sites (tertiary alicyclic amines) is 1. The van der Waals surface area contributed by atoms with Crippen molar-refractivity contribution in [3.05, 3.63) is 95.1 Å². The average Bonchev–Trinajstić information content (AvgIpc) is 3.27. The Morgan fingerprint density at radius 3 is 2.59 bits per heavy atom. The zero-order valence-corrected chi connectivity index (χ0v) is 18.3. The van der Waals surface area contributed by atoms with Gasteiger partial charge in [0.05, 0.1) is 19.8 Å². The van der Waals surface area contributed by atoms with Crippen molar-refractivity contribution in [1.29, 1.82) is 0 Å². The van der Waals surface area contributed by atoms with Crippen LogP contribution in [0.1, 0.15) is 34.7 Å². The normalized spacial score (nSPS) is 21.6. The number of ether oxygens (including phenoxy) is 1. The van der Waals surface area contributed by atoms with Crippen LogP contribution in [-0.2, 0) is 6.54 Å². The van der Waals surface area contributed by atoms with E-state index in [2.05, 4.69) is 52.4 Å². The highest BCUT2D eigenvalue weighted by Gasteiger charge is 2.43. The standard InChI is InChI=1S/C28H28N2O2/c1-32-27-10-6-5-9-22(27)18-30-16-15-23-26(19-31)29-25-14-13-21(17-24(25)28(23)30)12-11-20-7-3-2-4-8-20/h2-10,13-14,17,23,26,28-29,31H,15-16,18-19H2,1H3/t23-,26-,28-/m0/s1. The van der Waals surface area contributed by atoms with Gasteiger partial charge in [-0.25, -0.2) is 0 Å². The lowest BCUT2D eigenvalue weighted by Crippen LogP contribution is -2.41. The zero-order valence-electron chi connectivity index (χ0n) is 18.3. The van der Waals surface area contributed by atoms with Crippen LogP contribution in [0.4, 0.5) is 5.69 Å². The lowest BCUT2D eigenvalue weighted by atomic mass is 9.82. The number of methoxy groups -OCH3 is 1. The fourth-order valence-corrected chi connectivity index (χ4v) is 5.13. The minimum absolute atomic E-state index is 0.0661. The molecule has 0 unspecified atom stereocenters. The number of para-hydroxylation sites is 1. The SMILES string of the molecule is COc1ccccc1CN1CC[C@H]2[C@H](CO)Nc3ccc(C#Cc4ccccc4)cc3[C@H]21. The van der Waals surface area contributed by atoms with Crippen LogP contribution < -0.4 is 10.1 Å². The Morgan fingerprint density at radius 2 is 1.78 bits per heavy atom. The van der Waals surface area contributed by atoms with E-state index in [1.165, 1.54) is 11.1 Å². The van der Waals surface area contributed by atoms with E-state index in [0.29, 0.717) is 5.92 Å². The van der Waals surface area contributed by atoms with Crippen LogP contribution in [0.5, 0.6) is 5.75 Å². The third-order valence-corrected chi connectivity index (χ3v) is 6.66. The van der Waals surface area contributed by atoms with Crippen molar-refractivity contribution in [2.45, 2.75) is 25.0 Å². The van der Waals surface area contributed by atoms with Gasteiger partial charge in [-0.1, -0.05) is 48.2 Å². The van der Waals surface area contributed by atoms with E-state index in [1.807, 2.05) is 42.5 Å². The maximum atomic E-state index is 10.1. The van der Waals surface area contributed by atoms with E-state index in [9.17, 15) is 5.11 Å². The summed E-state index contributed by atoms with van der Waals surface area (Å²) in [7, 11) is 1.73. The summed E-state index contributed by atoms with van der Waals surface area (Å²) in [4.78, 5) is 2.53. The number of nitrogens with one attached hydrogen (secondary N) is 1. The number of anilines is 1. The van der Waals surface area contributed by atoms with Gasteiger partial charge in [0.2, 0.25) is 0 Å². The van der Waals surface area contributed by atoms with Crippen molar-refractivity contribution in [3.63, 3.8) is 0 Å². The molecule has 4 heteroatoms. The molecule has 1 saturated heterocycles. The third kappa shape index (κ3) is 3.98. The number of aliphatic hydroxyl groups excluding tert-OH is 1. The Kier molecular flexibility index (Phi) is 5.85. The second-order valence-electron chi connectivity index (χ2n) is 8.53. The van der Waals surface area contributed by atoms with E-state index < -0.39 is 0 Å². The highest BCUT2D eigenvalue weighted by Crippen LogP contribution is 2.47. The smallest absolute Gasteiger partial charge is 0.123 e. The second kappa shape index (κ2) is 9.08. The molecule has 2 N–H and O–H groups in total. The number of hydrogen-bond acceptors (Lipinski definition) is 4. The first-order valence-electron chi connectivity index (χ1n) is 11.2. The quantitative estimate of drug-likeness (QED) is 0.608. The van der Waals surface area contributed by atoms with Crippen LogP contribution in [0, 0.1) is 17.8 Å². The van der Waals surface area contributed by atoms with Crippen molar-refractivity contribution in [1.82, 2.24) is 4.90 Å². The van der Waals surface area contributed by atoms with Crippen LogP contribution >= 0.6 is 0 Å². The van der Waals surface area contributed by atoms with Crippen molar-refractivity contribution in [2.24, 2.45) is 5.92 Å². The molecule has 0 saturated carbocycles. The summed E-state index contributed by atoms with van der Waals surface area (Å²) in [6.07, 6.45) is 1.05. The van der Waals surface area contributed by atoms with Crippen LogP contribution in [0.15, 0.2) is 72.8 Å². The largest absolute Gasteiger partial charge is 0.496 e. The number of aliphatic hydroxyl groups is 1. The summed E-state index contributed by atoms with van der Waals surface area (Å²) in [5, 5.41) is 13.6. The van der Waals surface area contributed by atoms with Gasteiger partial charge in [0.1, 0.15) is 5.75 Å². The molecule has 3 atom stereocenters. The van der Waals surface area contributed by atoms with E-state index in [1.54, 1.807) is 7.11 Å². The summed E-state index contributed by atoms with van der Waals surface area (Å²) in [6, 6.07) is 25.0. The van der Waals surface area contributed by atoms with E-state index in [4.69, 9.17) is 4.74 Å². The summed E-state index contributed by atoms with van der Waals surface area (Å²) in [5.41, 5.74) is 5.59. The molecule has 0 bridgehead atoms. The number of nitrogens with zero attached hydrogens (tertiary/aromatic N) is 1. The molecule has 32 heavy (non-hydrogen) atoms. The maximum absolute atomic E-state index is 10.1. The monoisotopic (exact) mass is 424 g/mol. The van der Waals surface area contributed by atoms with Crippen LogP contribution in [0.3, 0.4) is 0 Å². The summed E-state index contributed by atoms with van der Waals surface area (Å²) >= 11 is 0. The summed E-state index contributed by atoms with van der Waals surface area (Å²) in [5.74, 6) is 7.89. The maximum Gasteiger partial charge on any atom is 0.123 e. The predicted molar refractivity (Wildman–Crippen MR) is 128 cm³/mol. The van der Waals surface area contributed by atoms with Crippen molar-refractivity contribution in [3.8, 4) is 17.6 Å². The molecule has 3 aromatic rings. The highest BCUT2D eigenvalue weighted by molar-refractivity contribution is 5.60. The molecule has 5 rings (SSSR count). The van der Waals surface area contributed by atoms with Crippen molar-refractivity contribution < 1.29 is 9.84 Å². The molecule has 1 fully saturated rings. The van der Waals surface area contributed by atoms with E-state index in [-0.39, 0.29) is 18.7 Å². The zero-order chi connectivity index (χ0) is 21.9. The molecule has 0 aromatic heterocycles. The number of fused-ring (bicyclic) bond motifs is 3. The Morgan fingerprint density at radius 1 is 1.00 bits per heavy atom. The molecular weight excluding hydrogens is 396 g/mol. The average molecular weight is 425 g/mol. The molecule has 0 amide bonds. The van der Waals surface area contributed by atoms with E-state index in [0.717, 1.165) is 42.1 Å². The molecule has 0 aliphatic carbocycles. The molecule has 2 aliphatic rings. The number of benzene rings is 3. The summed E-state index contributed by atoms with van der Waals surface area (Å²) in [6.45, 7) is 1.95. The first kappa shape index (κ1) is 20.6. The predicted octanol–water partition coefficient (Wildman–Crippen LogP) is 4.44. The Labute approximate surface area is 189 Å². The van der Waals surface area contributed by atoms with Gasteiger partial charge in [-0.05, 0) is 54.9 Å². The third-order valence-electron chi connectivity index (χ3n) is 6.66. The Hall–Kier alpha value is -3.26. The van der Waals surface area contributed by atoms with Gasteiger partial charge in [0.15, 0.2) is 0 Å². The first-order chi connectivity index (χ1) is 15.8. The molecule has 3 aromatic carbocycles. The minimum Gasteiger partial charge on any atom is -0.496 e. The molecule has 4 nitrogen and oxygen atoms in total. The van der Waals surface area contributed by atoms with Crippen molar-refractivity contribution in [2.75, 3.05) is 25.6 Å². The Bertz CT molecular complexity index is 1150. The van der Waals surface area contributed by atoms with Gasteiger partial charge in [0, 0.05) is 40.9 Å². The fourth-order valence-electron chi connectivity index (χ4n) is 5.13. The highest BCUT2D eigenvalue weighted by atomic mass is 16.5. The van der Waals surface area contributed by atoms with Crippen LogP contribution in [0.25, 0.3) is 0 Å². The first-order valence-corrected chi connectivity index (χ1v) is 11.2. The Balaban J connectivity index is 1.49. The lowest BCUT2D eigenvalue weighted by molar-refractivity contribution is 0.171. The van der Waals surface area contributed by atoms with Gasteiger partial charge < -0.3 is 15.2 Å². The van der Waals surface area contributed by atoms with Crippen LogP contribution in [0.2, 0.25) is 0 Å². The van der Waals surface area contributed by atoms with Crippen LogP contribution in [-0.4, -0.2) is 36.3 Å².